The summed E-state index contributed by atoms with van der Waals surface area (Å²) in [6, 6.07) is 9.85. The average Bonchev–Trinajstić information content (AvgIpc) is 2.57. The number of rotatable bonds is 5. The zero-order valence-electron chi connectivity index (χ0n) is 14.1. The zero-order chi connectivity index (χ0) is 20.2. The third-order valence-corrected chi connectivity index (χ3v) is 4.36. The number of hydrogen-bond donors (Lipinski definition) is 1. The lowest BCUT2D eigenvalue weighted by Crippen LogP contribution is -2.35. The molecule has 0 saturated carbocycles. The van der Waals surface area contributed by atoms with Gasteiger partial charge in [0.05, 0.1) is 23.6 Å². The second-order valence-electron chi connectivity index (χ2n) is 5.76. The standard InChI is InChI=1S/C18H15Cl2F3N2O2/c1-25(17(27)8-11-4-2-3-5-14(11)19)10-16(26)24-12-6-7-15(20)13(9-12)18(21,22)23/h2-7,9H,8,10H2,1H3,(H,24,26). The van der Waals surface area contributed by atoms with Gasteiger partial charge in [-0.2, -0.15) is 13.2 Å². The summed E-state index contributed by atoms with van der Waals surface area (Å²) in [4.78, 5) is 25.4. The van der Waals surface area contributed by atoms with Crippen molar-refractivity contribution >= 4 is 40.7 Å². The third kappa shape index (κ3) is 5.87. The lowest BCUT2D eigenvalue weighted by Gasteiger charge is -2.18. The highest BCUT2D eigenvalue weighted by Gasteiger charge is 2.33. The first kappa shape index (κ1) is 21.1. The van der Waals surface area contributed by atoms with Gasteiger partial charge in [0.2, 0.25) is 11.8 Å². The number of nitrogens with zero attached hydrogens (tertiary/aromatic N) is 1. The van der Waals surface area contributed by atoms with Crippen molar-refractivity contribution in [2.45, 2.75) is 12.6 Å². The van der Waals surface area contributed by atoms with E-state index in [1.165, 1.54) is 18.0 Å². The molecule has 0 aliphatic rings. The van der Waals surface area contributed by atoms with Gasteiger partial charge in [-0.15, -0.1) is 0 Å². The fourth-order valence-electron chi connectivity index (χ4n) is 2.26. The van der Waals surface area contributed by atoms with Crippen LogP contribution >= 0.6 is 23.2 Å². The molecule has 144 valence electrons. The molecule has 1 N–H and O–H groups in total. The molecular formula is C18H15Cl2F3N2O2. The summed E-state index contributed by atoms with van der Waals surface area (Å²) in [5.74, 6) is -0.995. The van der Waals surface area contributed by atoms with Crippen LogP contribution in [0.2, 0.25) is 10.0 Å². The molecule has 0 aromatic heterocycles. The number of likely N-dealkylation sites (N-methyl/N-ethyl adjacent to an activating group) is 1. The highest BCUT2D eigenvalue weighted by Crippen LogP contribution is 2.36. The molecule has 2 amide bonds. The summed E-state index contributed by atoms with van der Waals surface area (Å²) >= 11 is 11.5. The number of benzene rings is 2. The molecule has 9 heteroatoms. The van der Waals surface area contributed by atoms with Crippen LogP contribution in [0.1, 0.15) is 11.1 Å². The molecule has 0 aliphatic heterocycles. The van der Waals surface area contributed by atoms with Crippen LogP contribution in [0.15, 0.2) is 42.5 Å². The lowest BCUT2D eigenvalue weighted by molar-refractivity contribution is -0.137. The normalized spacial score (nSPS) is 11.2. The maximum Gasteiger partial charge on any atom is 0.417 e. The van der Waals surface area contributed by atoms with Crippen LogP contribution in [-0.2, 0) is 22.2 Å². The molecule has 2 aromatic carbocycles. The van der Waals surface area contributed by atoms with E-state index in [2.05, 4.69) is 5.32 Å². The van der Waals surface area contributed by atoms with Gasteiger partial charge in [0.1, 0.15) is 0 Å². The fourth-order valence-corrected chi connectivity index (χ4v) is 2.69. The molecule has 27 heavy (non-hydrogen) atoms. The molecule has 0 unspecified atom stereocenters. The van der Waals surface area contributed by atoms with Crippen LogP contribution in [0.3, 0.4) is 0 Å². The number of anilines is 1. The topological polar surface area (TPSA) is 49.4 Å². The van der Waals surface area contributed by atoms with E-state index >= 15 is 0 Å². The first-order valence-corrected chi connectivity index (χ1v) is 8.47. The Morgan fingerprint density at radius 2 is 1.74 bits per heavy atom. The molecule has 0 fully saturated rings. The summed E-state index contributed by atoms with van der Waals surface area (Å²) in [7, 11) is 1.42. The molecule has 0 heterocycles. The summed E-state index contributed by atoms with van der Waals surface area (Å²) in [6.45, 7) is -0.326. The van der Waals surface area contributed by atoms with E-state index in [9.17, 15) is 22.8 Å². The Kier molecular flexibility index (Phi) is 6.73. The van der Waals surface area contributed by atoms with Crippen LogP contribution in [0, 0.1) is 0 Å². The molecule has 0 radical (unpaired) electrons. The molecule has 0 spiro atoms. The van der Waals surface area contributed by atoms with E-state index in [1.807, 2.05) is 0 Å². The summed E-state index contributed by atoms with van der Waals surface area (Å²) < 4.78 is 38.6. The van der Waals surface area contributed by atoms with Crippen molar-refractivity contribution in [3.63, 3.8) is 0 Å². The van der Waals surface area contributed by atoms with Gasteiger partial charge in [-0.3, -0.25) is 9.59 Å². The number of alkyl halides is 3. The smallest absolute Gasteiger partial charge is 0.336 e. The maximum absolute atomic E-state index is 12.9. The number of halogens is 5. The Bertz CT molecular complexity index is 857. The minimum atomic E-state index is -4.64. The van der Waals surface area contributed by atoms with Gasteiger partial charge in [0.15, 0.2) is 0 Å². The van der Waals surface area contributed by atoms with Crippen molar-refractivity contribution < 1.29 is 22.8 Å². The Morgan fingerprint density at radius 1 is 1.07 bits per heavy atom. The van der Waals surface area contributed by atoms with E-state index < -0.39 is 22.7 Å². The predicted molar refractivity (Wildman–Crippen MR) is 97.9 cm³/mol. The monoisotopic (exact) mass is 418 g/mol. The number of carbonyl (C=O) groups excluding carboxylic acids is 2. The van der Waals surface area contributed by atoms with E-state index in [-0.39, 0.29) is 24.6 Å². The highest BCUT2D eigenvalue weighted by molar-refractivity contribution is 6.31. The molecule has 0 bridgehead atoms. The van der Waals surface area contributed by atoms with E-state index in [1.54, 1.807) is 24.3 Å². The number of carbonyl (C=O) groups is 2. The predicted octanol–water partition coefficient (Wildman–Crippen LogP) is 4.65. The van der Waals surface area contributed by atoms with Crippen LogP contribution in [0.5, 0.6) is 0 Å². The second-order valence-corrected chi connectivity index (χ2v) is 6.57. The number of nitrogens with one attached hydrogen (secondary N) is 1. The van der Waals surface area contributed by atoms with Gasteiger partial charge in [-0.1, -0.05) is 41.4 Å². The van der Waals surface area contributed by atoms with Crippen molar-refractivity contribution in [1.82, 2.24) is 4.90 Å². The maximum atomic E-state index is 12.9. The molecule has 0 saturated heterocycles. The molecule has 0 aliphatic carbocycles. The molecule has 0 atom stereocenters. The number of hydrogen-bond acceptors (Lipinski definition) is 2. The van der Waals surface area contributed by atoms with E-state index in [4.69, 9.17) is 23.2 Å². The van der Waals surface area contributed by atoms with Gasteiger partial charge in [-0.05, 0) is 29.8 Å². The van der Waals surface area contributed by atoms with Crippen LogP contribution in [0.25, 0.3) is 0 Å². The van der Waals surface area contributed by atoms with Crippen molar-refractivity contribution in [3.05, 3.63) is 63.6 Å². The van der Waals surface area contributed by atoms with Crippen LogP contribution < -0.4 is 5.32 Å². The molecule has 2 aromatic rings. The molecular weight excluding hydrogens is 404 g/mol. The Labute approximate surface area is 163 Å². The number of amides is 2. The highest BCUT2D eigenvalue weighted by atomic mass is 35.5. The minimum absolute atomic E-state index is 0.00260. The SMILES string of the molecule is CN(CC(=O)Nc1ccc(Cl)c(C(F)(F)F)c1)C(=O)Cc1ccccc1Cl. The van der Waals surface area contributed by atoms with Gasteiger partial charge in [0.25, 0.3) is 0 Å². The van der Waals surface area contributed by atoms with Gasteiger partial charge >= 0.3 is 6.18 Å². The Morgan fingerprint density at radius 3 is 2.37 bits per heavy atom. The average molecular weight is 419 g/mol. The summed E-state index contributed by atoms with van der Waals surface area (Å²) in [6.07, 6.45) is -4.64. The second kappa shape index (κ2) is 8.63. The fraction of sp³-hybridized carbons (Fsp3) is 0.222. The van der Waals surface area contributed by atoms with Crippen LogP contribution in [0.4, 0.5) is 18.9 Å². The lowest BCUT2D eigenvalue weighted by atomic mass is 10.1. The van der Waals surface area contributed by atoms with Crippen molar-refractivity contribution in [2.75, 3.05) is 18.9 Å². The Hall–Kier alpha value is -2.25. The minimum Gasteiger partial charge on any atom is -0.336 e. The quantitative estimate of drug-likeness (QED) is 0.767. The molecule has 4 nitrogen and oxygen atoms in total. The molecule has 2 rings (SSSR count). The van der Waals surface area contributed by atoms with Crippen molar-refractivity contribution in [2.24, 2.45) is 0 Å². The zero-order valence-corrected chi connectivity index (χ0v) is 15.6. The van der Waals surface area contributed by atoms with Crippen molar-refractivity contribution in [1.29, 1.82) is 0 Å². The first-order chi connectivity index (χ1) is 12.6. The summed E-state index contributed by atoms with van der Waals surface area (Å²) in [5, 5.41) is 2.29. The van der Waals surface area contributed by atoms with E-state index in [0.29, 0.717) is 10.6 Å². The first-order valence-electron chi connectivity index (χ1n) is 7.72. The van der Waals surface area contributed by atoms with Crippen LogP contribution in [-0.4, -0.2) is 30.3 Å². The van der Waals surface area contributed by atoms with Gasteiger partial charge in [0, 0.05) is 17.8 Å². The Balaban J connectivity index is 1.99. The summed E-state index contributed by atoms with van der Waals surface area (Å²) in [5.41, 5.74) is -0.502. The van der Waals surface area contributed by atoms with E-state index in [0.717, 1.165) is 12.1 Å². The van der Waals surface area contributed by atoms with Crippen molar-refractivity contribution in [3.8, 4) is 0 Å². The largest absolute Gasteiger partial charge is 0.417 e. The van der Waals surface area contributed by atoms with Gasteiger partial charge < -0.3 is 10.2 Å². The third-order valence-electron chi connectivity index (χ3n) is 3.66. The van der Waals surface area contributed by atoms with Gasteiger partial charge in [-0.25, -0.2) is 0 Å².